The van der Waals surface area contributed by atoms with E-state index in [0.29, 0.717) is 5.22 Å². The lowest BCUT2D eigenvalue weighted by molar-refractivity contribution is 0.279. The predicted molar refractivity (Wildman–Crippen MR) is 75.2 cm³/mol. The van der Waals surface area contributed by atoms with Gasteiger partial charge in [-0.15, -0.1) is 0 Å². The molecule has 0 aliphatic rings. The highest BCUT2D eigenvalue weighted by Gasteiger charge is 2.10. The van der Waals surface area contributed by atoms with Gasteiger partial charge in [-0.3, -0.25) is 0 Å². The molecule has 0 aliphatic heterocycles. The Morgan fingerprint density at radius 2 is 2.05 bits per heavy atom. The molecule has 0 aliphatic carbocycles. The van der Waals surface area contributed by atoms with Gasteiger partial charge in [-0.25, -0.2) is 4.98 Å². The first-order chi connectivity index (χ1) is 9.26. The van der Waals surface area contributed by atoms with E-state index in [1.54, 1.807) is 0 Å². The van der Waals surface area contributed by atoms with Gasteiger partial charge in [0.2, 0.25) is 0 Å². The molecule has 0 amide bonds. The maximum absolute atomic E-state index is 9.40. The Bertz CT molecular complexity index is 688. The smallest absolute Gasteiger partial charge is 0.261 e. The number of aliphatic hydroxyl groups is 1. The molecule has 0 radical (unpaired) electrons. The first-order valence-corrected chi connectivity index (χ1v) is 6.82. The third-order valence-corrected chi connectivity index (χ3v) is 3.83. The molecule has 0 saturated heterocycles. The zero-order chi connectivity index (χ0) is 13.2. The Morgan fingerprint density at radius 3 is 2.84 bits per heavy atom. The van der Waals surface area contributed by atoms with Gasteiger partial charge in [0.1, 0.15) is 5.52 Å². The van der Waals surface area contributed by atoms with E-state index in [9.17, 15) is 5.11 Å². The van der Waals surface area contributed by atoms with Crippen molar-refractivity contribution in [3.8, 4) is 0 Å². The molecule has 1 heterocycles. The van der Waals surface area contributed by atoms with Gasteiger partial charge in [0, 0.05) is 4.90 Å². The van der Waals surface area contributed by atoms with E-state index in [4.69, 9.17) is 4.42 Å². The normalized spacial score (nSPS) is 11.1. The molecule has 0 saturated carbocycles. The molecule has 3 aromatic rings. The van der Waals surface area contributed by atoms with E-state index < -0.39 is 0 Å². The van der Waals surface area contributed by atoms with Crippen molar-refractivity contribution in [3.63, 3.8) is 0 Å². The average molecular weight is 271 g/mol. The zero-order valence-corrected chi connectivity index (χ0v) is 11.3. The van der Waals surface area contributed by atoms with E-state index in [-0.39, 0.29) is 6.61 Å². The van der Waals surface area contributed by atoms with Gasteiger partial charge in [0.15, 0.2) is 5.58 Å². The highest BCUT2D eigenvalue weighted by Crippen LogP contribution is 2.32. The van der Waals surface area contributed by atoms with Crippen molar-refractivity contribution in [2.75, 3.05) is 0 Å². The minimum atomic E-state index is 0.0181. The fourth-order valence-corrected chi connectivity index (χ4v) is 2.77. The summed E-state index contributed by atoms with van der Waals surface area (Å²) in [7, 11) is 0. The topological polar surface area (TPSA) is 46.3 Å². The third-order valence-electron chi connectivity index (χ3n) is 2.86. The third kappa shape index (κ3) is 2.50. The minimum Gasteiger partial charge on any atom is -0.431 e. The minimum absolute atomic E-state index is 0.0181. The van der Waals surface area contributed by atoms with Gasteiger partial charge >= 0.3 is 0 Å². The van der Waals surface area contributed by atoms with Gasteiger partial charge in [-0.05, 0) is 42.4 Å². The van der Waals surface area contributed by atoms with Gasteiger partial charge in [-0.1, -0.05) is 29.8 Å². The Morgan fingerprint density at radius 1 is 1.21 bits per heavy atom. The second kappa shape index (κ2) is 5.07. The van der Waals surface area contributed by atoms with Crippen LogP contribution < -0.4 is 0 Å². The molecule has 1 N–H and O–H groups in total. The van der Waals surface area contributed by atoms with Crippen LogP contribution in [0.2, 0.25) is 0 Å². The molecule has 0 bridgehead atoms. The lowest BCUT2D eigenvalue weighted by Crippen LogP contribution is -1.88. The number of benzene rings is 2. The molecule has 2 aromatic carbocycles. The quantitative estimate of drug-likeness (QED) is 0.787. The highest BCUT2D eigenvalue weighted by molar-refractivity contribution is 7.99. The van der Waals surface area contributed by atoms with Crippen molar-refractivity contribution in [1.29, 1.82) is 0 Å². The lowest BCUT2D eigenvalue weighted by Gasteiger charge is -2.05. The second-order valence-electron chi connectivity index (χ2n) is 4.32. The van der Waals surface area contributed by atoms with Crippen molar-refractivity contribution in [1.82, 2.24) is 4.98 Å². The van der Waals surface area contributed by atoms with E-state index in [1.807, 2.05) is 49.4 Å². The average Bonchev–Trinajstić information content (AvgIpc) is 2.83. The molecular formula is C15H13NO2S. The van der Waals surface area contributed by atoms with Gasteiger partial charge in [-0.2, -0.15) is 0 Å². The summed E-state index contributed by atoms with van der Waals surface area (Å²) in [6.45, 7) is 2.03. The van der Waals surface area contributed by atoms with Crippen LogP contribution in [-0.2, 0) is 6.61 Å². The molecule has 3 rings (SSSR count). The summed E-state index contributed by atoms with van der Waals surface area (Å²) in [6.07, 6.45) is 0. The summed E-state index contributed by atoms with van der Waals surface area (Å²) in [4.78, 5) is 5.39. The molecule has 96 valence electrons. The van der Waals surface area contributed by atoms with Crippen LogP contribution >= 0.6 is 11.8 Å². The summed E-state index contributed by atoms with van der Waals surface area (Å²) in [5, 5.41) is 9.99. The van der Waals surface area contributed by atoms with Gasteiger partial charge in [0.25, 0.3) is 5.22 Å². The van der Waals surface area contributed by atoms with E-state index in [0.717, 1.165) is 27.1 Å². The predicted octanol–water partition coefficient (Wildman–Crippen LogP) is 3.78. The summed E-state index contributed by atoms with van der Waals surface area (Å²) in [5.74, 6) is 0. The van der Waals surface area contributed by atoms with Crippen LogP contribution in [0, 0.1) is 6.92 Å². The number of aromatic nitrogens is 1. The Labute approximate surface area is 115 Å². The number of oxazole rings is 1. The molecule has 3 nitrogen and oxygen atoms in total. The fourth-order valence-electron chi connectivity index (χ4n) is 1.92. The fraction of sp³-hybridized carbons (Fsp3) is 0.133. The SMILES string of the molecule is Cc1ccc(Sc2nc3ccccc3o2)c(CO)c1. The van der Waals surface area contributed by atoms with Crippen LogP contribution in [0.1, 0.15) is 11.1 Å². The number of rotatable bonds is 3. The summed E-state index contributed by atoms with van der Waals surface area (Å²) in [5.41, 5.74) is 3.66. The molecule has 4 heteroatoms. The van der Waals surface area contributed by atoms with Crippen LogP contribution in [-0.4, -0.2) is 10.1 Å². The maximum atomic E-state index is 9.40. The number of para-hydroxylation sites is 2. The summed E-state index contributed by atoms with van der Waals surface area (Å²) < 4.78 is 5.67. The molecule has 0 spiro atoms. The second-order valence-corrected chi connectivity index (χ2v) is 5.31. The number of hydrogen-bond acceptors (Lipinski definition) is 4. The molecule has 0 atom stereocenters. The standard InChI is InChI=1S/C15H13NO2S/c1-10-6-7-14(11(8-10)9-17)19-15-16-12-4-2-3-5-13(12)18-15/h2-8,17H,9H2,1H3. The Kier molecular flexibility index (Phi) is 3.27. The van der Waals surface area contributed by atoms with Crippen LogP contribution in [0.25, 0.3) is 11.1 Å². The van der Waals surface area contributed by atoms with Crippen molar-refractivity contribution in [3.05, 3.63) is 53.6 Å². The first kappa shape index (κ1) is 12.3. The number of fused-ring (bicyclic) bond motifs is 1. The van der Waals surface area contributed by atoms with E-state index in [1.165, 1.54) is 11.8 Å². The van der Waals surface area contributed by atoms with Crippen LogP contribution in [0.3, 0.4) is 0 Å². The largest absolute Gasteiger partial charge is 0.431 e. The number of nitrogens with zero attached hydrogens (tertiary/aromatic N) is 1. The van der Waals surface area contributed by atoms with E-state index >= 15 is 0 Å². The van der Waals surface area contributed by atoms with Crippen LogP contribution in [0.5, 0.6) is 0 Å². The van der Waals surface area contributed by atoms with Crippen LogP contribution in [0.4, 0.5) is 0 Å². The molecule has 0 fully saturated rings. The highest BCUT2D eigenvalue weighted by atomic mass is 32.2. The molecule has 1 aromatic heterocycles. The Hall–Kier alpha value is -1.78. The molecule has 0 unspecified atom stereocenters. The van der Waals surface area contributed by atoms with Gasteiger partial charge < -0.3 is 9.52 Å². The monoisotopic (exact) mass is 271 g/mol. The maximum Gasteiger partial charge on any atom is 0.261 e. The van der Waals surface area contributed by atoms with Crippen molar-refractivity contribution in [2.24, 2.45) is 0 Å². The Balaban J connectivity index is 1.96. The van der Waals surface area contributed by atoms with Crippen molar-refractivity contribution in [2.45, 2.75) is 23.6 Å². The van der Waals surface area contributed by atoms with E-state index in [2.05, 4.69) is 4.98 Å². The van der Waals surface area contributed by atoms with Crippen LogP contribution in [0.15, 0.2) is 57.0 Å². The lowest BCUT2D eigenvalue weighted by atomic mass is 10.1. The number of aryl methyl sites for hydroxylation is 1. The number of hydrogen-bond donors (Lipinski definition) is 1. The summed E-state index contributed by atoms with van der Waals surface area (Å²) in [6, 6.07) is 13.7. The van der Waals surface area contributed by atoms with Gasteiger partial charge in [0.05, 0.1) is 6.61 Å². The molecule has 19 heavy (non-hydrogen) atoms. The van der Waals surface area contributed by atoms with Crippen molar-refractivity contribution < 1.29 is 9.52 Å². The zero-order valence-electron chi connectivity index (χ0n) is 10.5. The summed E-state index contributed by atoms with van der Waals surface area (Å²) >= 11 is 1.44. The number of aliphatic hydroxyl groups excluding tert-OH is 1. The van der Waals surface area contributed by atoms with Crippen molar-refractivity contribution >= 4 is 22.9 Å². The first-order valence-electron chi connectivity index (χ1n) is 6.00. The molecular weight excluding hydrogens is 258 g/mol.